The molecular weight excluding hydrogens is 405 g/mol. The standard InChI is InChI=1S/C20H23F3N2O3S/c1-4-25(5-2)29(27,28)18-11-9-15(10-12-18)19(26)24-14(3)16-7-6-8-17(13-16)20(21,22)23/h6-14H,4-5H2,1-3H3,(H,24,26). The Kier molecular flexibility index (Phi) is 7.07. The molecule has 0 aliphatic carbocycles. The van der Waals surface area contributed by atoms with Gasteiger partial charge in [0.05, 0.1) is 16.5 Å². The first-order chi connectivity index (χ1) is 13.5. The number of nitrogens with zero attached hydrogens (tertiary/aromatic N) is 1. The molecule has 2 aromatic carbocycles. The van der Waals surface area contributed by atoms with Crippen LogP contribution < -0.4 is 5.32 Å². The van der Waals surface area contributed by atoms with E-state index >= 15 is 0 Å². The zero-order chi connectivity index (χ0) is 21.8. The summed E-state index contributed by atoms with van der Waals surface area (Å²) in [5, 5.41) is 2.63. The number of benzene rings is 2. The van der Waals surface area contributed by atoms with Gasteiger partial charge in [0.15, 0.2) is 0 Å². The van der Waals surface area contributed by atoms with Crippen molar-refractivity contribution in [3.8, 4) is 0 Å². The van der Waals surface area contributed by atoms with E-state index in [1.165, 1.54) is 40.7 Å². The van der Waals surface area contributed by atoms with Crippen molar-refractivity contribution in [2.24, 2.45) is 0 Å². The Bertz CT molecular complexity index is 954. The van der Waals surface area contributed by atoms with Crippen LogP contribution in [0.2, 0.25) is 0 Å². The van der Waals surface area contributed by atoms with E-state index < -0.39 is 33.7 Å². The number of carbonyl (C=O) groups is 1. The van der Waals surface area contributed by atoms with Gasteiger partial charge >= 0.3 is 6.18 Å². The lowest BCUT2D eigenvalue weighted by Gasteiger charge is -2.19. The fourth-order valence-electron chi connectivity index (χ4n) is 2.84. The van der Waals surface area contributed by atoms with Crippen LogP contribution in [0.3, 0.4) is 0 Å². The Balaban J connectivity index is 2.16. The predicted octanol–water partition coefficient (Wildman–Crippen LogP) is 4.23. The van der Waals surface area contributed by atoms with Crippen LogP contribution in [0.25, 0.3) is 0 Å². The van der Waals surface area contributed by atoms with Gasteiger partial charge in [0.2, 0.25) is 10.0 Å². The number of rotatable bonds is 7. The second-order valence-corrected chi connectivity index (χ2v) is 8.37. The van der Waals surface area contributed by atoms with E-state index in [4.69, 9.17) is 0 Å². The zero-order valence-corrected chi connectivity index (χ0v) is 17.1. The Labute approximate surface area is 168 Å². The lowest BCUT2D eigenvalue weighted by Crippen LogP contribution is -2.30. The highest BCUT2D eigenvalue weighted by Gasteiger charge is 2.30. The summed E-state index contributed by atoms with van der Waals surface area (Å²) in [6, 6.07) is 9.53. The smallest absolute Gasteiger partial charge is 0.346 e. The van der Waals surface area contributed by atoms with Crippen molar-refractivity contribution < 1.29 is 26.4 Å². The molecule has 0 radical (unpaired) electrons. The maximum atomic E-state index is 12.9. The van der Waals surface area contributed by atoms with Gasteiger partial charge in [-0.3, -0.25) is 4.79 Å². The maximum Gasteiger partial charge on any atom is 0.416 e. The molecule has 5 nitrogen and oxygen atoms in total. The molecule has 0 saturated carbocycles. The molecule has 1 unspecified atom stereocenters. The molecule has 0 aliphatic rings. The first-order valence-corrected chi connectivity index (χ1v) is 10.5. The van der Waals surface area contributed by atoms with E-state index in [2.05, 4.69) is 5.32 Å². The molecule has 29 heavy (non-hydrogen) atoms. The van der Waals surface area contributed by atoms with Gasteiger partial charge in [0, 0.05) is 18.7 Å². The van der Waals surface area contributed by atoms with Crippen LogP contribution in [0.15, 0.2) is 53.4 Å². The average molecular weight is 428 g/mol. The first-order valence-electron chi connectivity index (χ1n) is 9.09. The van der Waals surface area contributed by atoms with Gasteiger partial charge in [-0.05, 0) is 48.9 Å². The van der Waals surface area contributed by atoms with Crippen LogP contribution in [0.4, 0.5) is 13.2 Å². The van der Waals surface area contributed by atoms with Crippen LogP contribution in [0.1, 0.15) is 48.3 Å². The minimum Gasteiger partial charge on any atom is -0.346 e. The molecular formula is C20H23F3N2O3S. The molecule has 0 saturated heterocycles. The number of hydrogen-bond donors (Lipinski definition) is 1. The lowest BCUT2D eigenvalue weighted by molar-refractivity contribution is -0.137. The van der Waals surface area contributed by atoms with Crippen molar-refractivity contribution in [2.75, 3.05) is 13.1 Å². The van der Waals surface area contributed by atoms with E-state index in [1.54, 1.807) is 20.8 Å². The number of amides is 1. The largest absolute Gasteiger partial charge is 0.416 e. The molecule has 2 aromatic rings. The highest BCUT2D eigenvalue weighted by molar-refractivity contribution is 7.89. The summed E-state index contributed by atoms with van der Waals surface area (Å²) in [5.41, 5.74) is -0.265. The van der Waals surface area contributed by atoms with E-state index in [0.717, 1.165) is 12.1 Å². The van der Waals surface area contributed by atoms with Crippen LogP contribution in [-0.2, 0) is 16.2 Å². The summed E-state index contributed by atoms with van der Waals surface area (Å²) in [5.74, 6) is -0.512. The van der Waals surface area contributed by atoms with Gasteiger partial charge in [0.1, 0.15) is 0 Å². The molecule has 0 fully saturated rings. The second-order valence-electron chi connectivity index (χ2n) is 6.43. The molecule has 158 valence electrons. The molecule has 1 N–H and O–H groups in total. The van der Waals surface area contributed by atoms with E-state index in [1.807, 2.05) is 0 Å². The second kappa shape index (κ2) is 8.96. The number of carbonyl (C=O) groups excluding carboxylic acids is 1. The molecule has 2 rings (SSSR count). The van der Waals surface area contributed by atoms with E-state index in [-0.39, 0.29) is 10.5 Å². The number of hydrogen-bond acceptors (Lipinski definition) is 3. The minimum absolute atomic E-state index is 0.0728. The van der Waals surface area contributed by atoms with Crippen LogP contribution in [0, 0.1) is 0 Å². The van der Waals surface area contributed by atoms with Crippen LogP contribution in [-0.4, -0.2) is 31.7 Å². The monoisotopic (exact) mass is 428 g/mol. The van der Waals surface area contributed by atoms with Gasteiger partial charge < -0.3 is 5.32 Å². The Morgan fingerprint density at radius 3 is 2.17 bits per heavy atom. The average Bonchev–Trinajstić information content (AvgIpc) is 2.68. The van der Waals surface area contributed by atoms with E-state index in [0.29, 0.717) is 18.7 Å². The molecule has 1 atom stereocenters. The van der Waals surface area contributed by atoms with Gasteiger partial charge in [-0.15, -0.1) is 0 Å². The van der Waals surface area contributed by atoms with Crippen molar-refractivity contribution in [3.05, 3.63) is 65.2 Å². The number of nitrogens with one attached hydrogen (secondary N) is 1. The first kappa shape index (κ1) is 22.9. The highest BCUT2D eigenvalue weighted by atomic mass is 32.2. The Morgan fingerprint density at radius 2 is 1.66 bits per heavy atom. The molecule has 0 aliphatic heterocycles. The fourth-order valence-corrected chi connectivity index (χ4v) is 4.30. The minimum atomic E-state index is -4.47. The summed E-state index contributed by atoms with van der Waals surface area (Å²) in [4.78, 5) is 12.5. The molecule has 9 heteroatoms. The topological polar surface area (TPSA) is 66.5 Å². The number of halogens is 3. The normalized spacial score (nSPS) is 13.3. The van der Waals surface area contributed by atoms with Crippen molar-refractivity contribution in [2.45, 2.75) is 37.9 Å². The van der Waals surface area contributed by atoms with Gasteiger partial charge in [-0.1, -0.05) is 26.0 Å². The fraction of sp³-hybridized carbons (Fsp3) is 0.350. The van der Waals surface area contributed by atoms with Gasteiger partial charge in [-0.25, -0.2) is 8.42 Å². The van der Waals surface area contributed by atoms with Crippen LogP contribution >= 0.6 is 0 Å². The summed E-state index contributed by atoms with van der Waals surface area (Å²) >= 11 is 0. The van der Waals surface area contributed by atoms with Crippen molar-refractivity contribution in [3.63, 3.8) is 0 Å². The van der Waals surface area contributed by atoms with Crippen LogP contribution in [0.5, 0.6) is 0 Å². The Morgan fingerprint density at radius 1 is 1.07 bits per heavy atom. The maximum absolute atomic E-state index is 12.9. The van der Waals surface area contributed by atoms with Crippen molar-refractivity contribution in [1.82, 2.24) is 9.62 Å². The number of sulfonamides is 1. The molecule has 0 heterocycles. The third-order valence-electron chi connectivity index (χ3n) is 4.52. The molecule has 0 spiro atoms. The zero-order valence-electron chi connectivity index (χ0n) is 16.3. The third kappa shape index (κ3) is 5.36. The summed E-state index contributed by atoms with van der Waals surface area (Å²) in [6.45, 7) is 5.70. The SMILES string of the molecule is CCN(CC)S(=O)(=O)c1ccc(C(=O)NC(C)c2cccc(C(F)(F)F)c2)cc1. The predicted molar refractivity (Wildman–Crippen MR) is 104 cm³/mol. The molecule has 1 amide bonds. The van der Waals surface area contributed by atoms with E-state index in [9.17, 15) is 26.4 Å². The summed E-state index contributed by atoms with van der Waals surface area (Å²) < 4.78 is 64.9. The third-order valence-corrected chi connectivity index (χ3v) is 6.59. The van der Waals surface area contributed by atoms with Crippen molar-refractivity contribution >= 4 is 15.9 Å². The lowest BCUT2D eigenvalue weighted by atomic mass is 10.0. The number of alkyl halides is 3. The van der Waals surface area contributed by atoms with Gasteiger partial charge in [-0.2, -0.15) is 17.5 Å². The highest BCUT2D eigenvalue weighted by Crippen LogP contribution is 2.30. The Hall–Kier alpha value is -2.39. The summed E-state index contributed by atoms with van der Waals surface area (Å²) in [6.07, 6.45) is -4.47. The van der Waals surface area contributed by atoms with Crippen molar-refractivity contribution in [1.29, 1.82) is 0 Å². The molecule has 0 aromatic heterocycles. The quantitative estimate of drug-likeness (QED) is 0.718. The summed E-state index contributed by atoms with van der Waals surface area (Å²) in [7, 11) is -3.63. The molecule has 0 bridgehead atoms. The van der Waals surface area contributed by atoms with Gasteiger partial charge in [0.25, 0.3) is 5.91 Å².